The molecule has 2 aromatic carbocycles. The normalized spacial score (nSPS) is 22.6. The molecule has 0 spiro atoms. The molecular weight excluding hydrogens is 462 g/mol. The topological polar surface area (TPSA) is 86.8 Å². The number of amides is 2. The van der Waals surface area contributed by atoms with E-state index < -0.39 is 21.5 Å². The Bertz CT molecular complexity index is 1170. The van der Waals surface area contributed by atoms with Gasteiger partial charge in [0, 0.05) is 18.3 Å². The Kier molecular flexibility index (Phi) is 7.33. The zero-order chi connectivity index (χ0) is 25.2. The lowest BCUT2D eigenvalue weighted by molar-refractivity contribution is -0.133. The summed E-state index contributed by atoms with van der Waals surface area (Å²) in [7, 11) is -3.96. The van der Waals surface area contributed by atoms with Gasteiger partial charge in [0.15, 0.2) is 0 Å². The molecule has 2 fully saturated rings. The Balaban J connectivity index is 1.70. The molecule has 7 nitrogen and oxygen atoms in total. The minimum Gasteiger partial charge on any atom is -0.351 e. The third-order valence-corrected chi connectivity index (χ3v) is 8.98. The van der Waals surface area contributed by atoms with Crippen molar-refractivity contribution in [1.82, 2.24) is 9.62 Å². The SMILES string of the molecule is Cc1ccc(N2C(=O)CN(S(=O)(=O)c3ccc(C)cc3)C[C@@]2(C)C(=O)NC2CCCCCC2)cc1. The molecule has 0 aromatic heterocycles. The van der Waals surface area contributed by atoms with Crippen LogP contribution in [-0.4, -0.2) is 49.2 Å². The van der Waals surface area contributed by atoms with Crippen LogP contribution in [0.2, 0.25) is 0 Å². The largest absolute Gasteiger partial charge is 0.351 e. The zero-order valence-corrected chi connectivity index (χ0v) is 21.6. The standard InChI is InChI=1S/C27H35N3O4S/c1-20-10-14-23(15-11-20)30-25(31)18-29(35(33,34)24-16-12-21(2)13-17-24)19-27(30,3)26(32)28-22-8-6-4-5-7-9-22/h10-17,22H,4-9,18-19H2,1-3H3,(H,28,32)/t27-/m0/s1. The van der Waals surface area contributed by atoms with Crippen LogP contribution in [0.3, 0.4) is 0 Å². The van der Waals surface area contributed by atoms with Gasteiger partial charge >= 0.3 is 0 Å². The minimum atomic E-state index is -3.96. The molecule has 2 aliphatic rings. The molecule has 1 N–H and O–H groups in total. The van der Waals surface area contributed by atoms with E-state index in [-0.39, 0.29) is 29.9 Å². The second kappa shape index (κ2) is 10.1. The summed E-state index contributed by atoms with van der Waals surface area (Å²) in [5, 5.41) is 3.17. The summed E-state index contributed by atoms with van der Waals surface area (Å²) in [6, 6.07) is 14.0. The summed E-state index contributed by atoms with van der Waals surface area (Å²) in [4.78, 5) is 29.0. The lowest BCUT2D eigenvalue weighted by Crippen LogP contribution is -2.70. The van der Waals surface area contributed by atoms with E-state index >= 15 is 0 Å². The third-order valence-electron chi connectivity index (χ3n) is 7.17. The van der Waals surface area contributed by atoms with Gasteiger partial charge in [-0.15, -0.1) is 0 Å². The molecule has 2 amide bonds. The molecule has 0 unspecified atom stereocenters. The Morgan fingerprint density at radius 3 is 2.03 bits per heavy atom. The van der Waals surface area contributed by atoms with E-state index in [1.807, 2.05) is 38.1 Å². The summed E-state index contributed by atoms with van der Waals surface area (Å²) in [6.07, 6.45) is 6.20. The van der Waals surface area contributed by atoms with Crippen LogP contribution in [-0.2, 0) is 19.6 Å². The average molecular weight is 498 g/mol. The first-order valence-electron chi connectivity index (χ1n) is 12.4. The molecule has 4 rings (SSSR count). The van der Waals surface area contributed by atoms with E-state index in [0.29, 0.717) is 5.69 Å². The lowest BCUT2D eigenvalue weighted by atomic mass is 9.93. The summed E-state index contributed by atoms with van der Waals surface area (Å²) in [6.45, 7) is 5.07. The third kappa shape index (κ3) is 5.28. The monoisotopic (exact) mass is 497 g/mol. The fourth-order valence-electron chi connectivity index (χ4n) is 5.06. The second-order valence-corrected chi connectivity index (χ2v) is 12.0. The Morgan fingerprint density at radius 1 is 0.914 bits per heavy atom. The van der Waals surface area contributed by atoms with E-state index in [9.17, 15) is 18.0 Å². The van der Waals surface area contributed by atoms with E-state index in [0.717, 1.165) is 54.0 Å². The van der Waals surface area contributed by atoms with Gasteiger partial charge in [0.05, 0.1) is 11.4 Å². The number of hydrogen-bond donors (Lipinski definition) is 1. The van der Waals surface area contributed by atoms with Crippen LogP contribution in [0.4, 0.5) is 5.69 Å². The molecule has 35 heavy (non-hydrogen) atoms. The predicted molar refractivity (Wildman–Crippen MR) is 137 cm³/mol. The maximum atomic E-state index is 13.8. The molecule has 0 radical (unpaired) electrons. The summed E-state index contributed by atoms with van der Waals surface area (Å²) in [5.74, 6) is -0.739. The van der Waals surface area contributed by atoms with Crippen molar-refractivity contribution in [1.29, 1.82) is 0 Å². The van der Waals surface area contributed by atoms with Gasteiger partial charge in [0.1, 0.15) is 5.54 Å². The zero-order valence-electron chi connectivity index (χ0n) is 20.8. The van der Waals surface area contributed by atoms with Crippen LogP contribution in [0.25, 0.3) is 0 Å². The number of benzene rings is 2. The molecule has 0 bridgehead atoms. The molecule has 1 aliphatic heterocycles. The van der Waals surface area contributed by atoms with Crippen LogP contribution in [0, 0.1) is 13.8 Å². The number of carbonyl (C=O) groups excluding carboxylic acids is 2. The van der Waals surface area contributed by atoms with Gasteiger partial charge in [-0.2, -0.15) is 4.31 Å². The first-order valence-corrected chi connectivity index (χ1v) is 13.8. The summed E-state index contributed by atoms with van der Waals surface area (Å²) >= 11 is 0. The summed E-state index contributed by atoms with van der Waals surface area (Å²) in [5.41, 5.74) is 1.17. The fraction of sp³-hybridized carbons (Fsp3) is 0.481. The fourth-order valence-corrected chi connectivity index (χ4v) is 6.54. The number of nitrogens with zero attached hydrogens (tertiary/aromatic N) is 2. The molecule has 1 saturated heterocycles. The molecule has 1 aliphatic carbocycles. The molecule has 188 valence electrons. The minimum absolute atomic E-state index is 0.0286. The van der Waals surface area contributed by atoms with E-state index in [2.05, 4.69) is 5.32 Å². The second-order valence-electron chi connectivity index (χ2n) is 10.1. The quantitative estimate of drug-likeness (QED) is 0.634. The van der Waals surface area contributed by atoms with Crippen molar-refractivity contribution in [2.24, 2.45) is 0 Å². The molecule has 1 heterocycles. The molecule has 8 heteroatoms. The average Bonchev–Trinajstić information content (AvgIpc) is 3.09. The van der Waals surface area contributed by atoms with Crippen molar-refractivity contribution in [3.05, 3.63) is 59.7 Å². The maximum absolute atomic E-state index is 13.8. The van der Waals surface area contributed by atoms with Gasteiger partial charge in [-0.1, -0.05) is 61.1 Å². The van der Waals surface area contributed by atoms with Crippen molar-refractivity contribution >= 4 is 27.5 Å². The van der Waals surface area contributed by atoms with Crippen LogP contribution in [0.5, 0.6) is 0 Å². The predicted octanol–water partition coefficient (Wildman–Crippen LogP) is 3.94. The van der Waals surface area contributed by atoms with Gasteiger partial charge in [-0.25, -0.2) is 8.42 Å². The van der Waals surface area contributed by atoms with Crippen LogP contribution < -0.4 is 10.2 Å². The van der Waals surface area contributed by atoms with Crippen LogP contribution in [0.1, 0.15) is 56.6 Å². The van der Waals surface area contributed by atoms with Crippen molar-refractivity contribution in [2.45, 2.75) is 75.8 Å². The van der Waals surface area contributed by atoms with E-state index in [1.165, 1.54) is 4.90 Å². The first-order chi connectivity index (χ1) is 16.6. The molecule has 2 aromatic rings. The van der Waals surface area contributed by atoms with Gasteiger partial charge in [-0.3, -0.25) is 14.5 Å². The van der Waals surface area contributed by atoms with Crippen molar-refractivity contribution < 1.29 is 18.0 Å². The maximum Gasteiger partial charge on any atom is 0.247 e. The van der Waals surface area contributed by atoms with Crippen molar-refractivity contribution in [3.8, 4) is 0 Å². The number of carbonyl (C=O) groups is 2. The first kappa shape index (κ1) is 25.4. The Hall–Kier alpha value is -2.71. The summed E-state index contributed by atoms with van der Waals surface area (Å²) < 4.78 is 28.2. The van der Waals surface area contributed by atoms with Crippen LogP contribution in [0.15, 0.2) is 53.4 Å². The smallest absolute Gasteiger partial charge is 0.247 e. The van der Waals surface area contributed by atoms with E-state index in [1.54, 1.807) is 31.2 Å². The Morgan fingerprint density at radius 2 is 1.46 bits per heavy atom. The number of hydrogen-bond acceptors (Lipinski definition) is 4. The van der Waals surface area contributed by atoms with Gasteiger partial charge in [0.2, 0.25) is 21.8 Å². The molecule has 1 atom stereocenters. The highest BCUT2D eigenvalue weighted by molar-refractivity contribution is 7.89. The number of aryl methyl sites for hydroxylation is 2. The highest BCUT2D eigenvalue weighted by Crippen LogP contribution is 2.33. The van der Waals surface area contributed by atoms with Gasteiger partial charge in [0.25, 0.3) is 0 Å². The number of anilines is 1. The molecular formula is C27H35N3O4S. The number of rotatable bonds is 5. The highest BCUT2D eigenvalue weighted by atomic mass is 32.2. The molecule has 1 saturated carbocycles. The van der Waals surface area contributed by atoms with E-state index in [4.69, 9.17) is 0 Å². The van der Waals surface area contributed by atoms with Gasteiger partial charge < -0.3 is 5.32 Å². The highest BCUT2D eigenvalue weighted by Gasteiger charge is 2.51. The van der Waals surface area contributed by atoms with Crippen LogP contribution >= 0.6 is 0 Å². The van der Waals surface area contributed by atoms with Gasteiger partial charge in [-0.05, 0) is 57.9 Å². The number of nitrogens with one attached hydrogen (secondary N) is 1. The number of sulfonamides is 1. The van der Waals surface area contributed by atoms with Crippen molar-refractivity contribution in [2.75, 3.05) is 18.0 Å². The number of piperazine rings is 1. The lowest BCUT2D eigenvalue weighted by Gasteiger charge is -2.47. The Labute approximate surface area is 208 Å². The van der Waals surface area contributed by atoms with Crippen molar-refractivity contribution in [3.63, 3.8) is 0 Å².